The highest BCUT2D eigenvalue weighted by molar-refractivity contribution is 6.92. The Morgan fingerprint density at radius 2 is 1.81 bits per heavy atom. The largest absolute Gasteiger partial charge is 0.481 e. The van der Waals surface area contributed by atoms with Crippen LogP contribution in [0.15, 0.2) is 30.3 Å². The summed E-state index contributed by atoms with van der Waals surface area (Å²) >= 11 is 0. The highest BCUT2D eigenvalue weighted by Crippen LogP contribution is 2.46. The second-order valence-corrected chi connectivity index (χ2v) is 13.6. The van der Waals surface area contributed by atoms with Crippen LogP contribution in [-0.2, 0) is 4.79 Å². The first kappa shape index (κ1) is 20.6. The third-order valence-electron chi connectivity index (χ3n) is 7.39. The Kier molecular flexibility index (Phi) is 7.13. The molecule has 1 heterocycles. The van der Waals surface area contributed by atoms with E-state index in [-0.39, 0.29) is 11.8 Å². The van der Waals surface area contributed by atoms with Gasteiger partial charge in [0.25, 0.3) is 0 Å². The lowest BCUT2D eigenvalue weighted by molar-refractivity contribution is -0.146. The van der Waals surface area contributed by atoms with Crippen LogP contribution in [0.5, 0.6) is 0 Å². The van der Waals surface area contributed by atoms with Crippen molar-refractivity contribution in [1.82, 2.24) is 0 Å². The first-order chi connectivity index (χ1) is 13.1. The molecule has 0 bridgehead atoms. The number of benzene rings is 1. The SMILES string of the molecule is CCCCC[Si]1(c2ccccc2)CCC(C2CC(F)CCC2C(=O)O)CC1. The molecule has 27 heavy (non-hydrogen) atoms. The van der Waals surface area contributed by atoms with Crippen molar-refractivity contribution in [1.29, 1.82) is 0 Å². The van der Waals surface area contributed by atoms with Crippen LogP contribution in [-0.4, -0.2) is 25.3 Å². The van der Waals surface area contributed by atoms with E-state index in [4.69, 9.17) is 0 Å². The quantitative estimate of drug-likeness (QED) is 0.473. The first-order valence-electron chi connectivity index (χ1n) is 11.0. The highest BCUT2D eigenvalue weighted by atomic mass is 28.3. The zero-order valence-corrected chi connectivity index (χ0v) is 17.7. The maximum atomic E-state index is 14.1. The van der Waals surface area contributed by atoms with Crippen LogP contribution in [0.25, 0.3) is 0 Å². The fraction of sp³-hybridized carbons (Fsp3) is 0.696. The molecule has 3 unspecified atom stereocenters. The molecule has 150 valence electrons. The van der Waals surface area contributed by atoms with Crippen LogP contribution in [0.1, 0.15) is 58.3 Å². The van der Waals surface area contributed by atoms with Gasteiger partial charge in [-0.1, -0.05) is 92.7 Å². The predicted molar refractivity (Wildman–Crippen MR) is 112 cm³/mol. The predicted octanol–water partition coefficient (Wildman–Crippen LogP) is 5.78. The Bertz CT molecular complexity index is 598. The van der Waals surface area contributed by atoms with Gasteiger partial charge in [0.05, 0.1) is 14.0 Å². The summed E-state index contributed by atoms with van der Waals surface area (Å²) in [6, 6.07) is 15.0. The number of aliphatic carboxylic acids is 1. The summed E-state index contributed by atoms with van der Waals surface area (Å²) in [5.41, 5.74) is 0. The minimum absolute atomic E-state index is 0.0460. The van der Waals surface area contributed by atoms with Gasteiger partial charge in [0.1, 0.15) is 6.17 Å². The summed E-state index contributed by atoms with van der Waals surface area (Å²) in [5.74, 6) is -0.579. The molecule has 1 aromatic rings. The molecular weight excluding hydrogens is 355 g/mol. The van der Waals surface area contributed by atoms with Crippen LogP contribution in [0, 0.1) is 17.8 Å². The minimum atomic E-state index is -1.51. The zero-order valence-electron chi connectivity index (χ0n) is 16.7. The van der Waals surface area contributed by atoms with Gasteiger partial charge in [-0.3, -0.25) is 4.79 Å². The Hall–Kier alpha value is -1.16. The van der Waals surface area contributed by atoms with Crippen molar-refractivity contribution in [3.63, 3.8) is 0 Å². The molecule has 1 aliphatic carbocycles. The molecule has 1 aromatic carbocycles. The number of hydrogen-bond acceptors (Lipinski definition) is 1. The summed E-state index contributed by atoms with van der Waals surface area (Å²) in [7, 11) is -1.51. The molecule has 0 amide bonds. The molecule has 2 fully saturated rings. The van der Waals surface area contributed by atoms with Gasteiger partial charge < -0.3 is 5.11 Å². The van der Waals surface area contributed by atoms with Gasteiger partial charge in [-0.05, 0) is 31.1 Å². The Morgan fingerprint density at radius 3 is 2.44 bits per heavy atom. The standard InChI is InChI=1S/C23H35FO2Si/c1-2-3-7-14-27(20-8-5-4-6-9-20)15-12-18(13-16-27)22-17-19(24)10-11-21(22)23(25)26/h4-6,8-9,18-19,21-22H,2-3,7,10-17H2,1H3,(H,25,26). The van der Waals surface area contributed by atoms with Crippen molar-refractivity contribution in [3.8, 4) is 0 Å². The van der Waals surface area contributed by atoms with E-state index in [0.717, 1.165) is 12.8 Å². The van der Waals surface area contributed by atoms with Crippen LogP contribution >= 0.6 is 0 Å². The number of hydrogen-bond donors (Lipinski definition) is 1. The summed E-state index contributed by atoms with van der Waals surface area (Å²) in [5, 5.41) is 11.2. The average molecular weight is 391 g/mol. The van der Waals surface area contributed by atoms with Gasteiger partial charge in [-0.25, -0.2) is 4.39 Å². The molecule has 0 radical (unpaired) electrons. The van der Waals surface area contributed by atoms with Gasteiger partial charge in [-0.2, -0.15) is 0 Å². The normalized spacial score (nSPS) is 34.3. The van der Waals surface area contributed by atoms with Gasteiger partial charge in [0, 0.05) is 0 Å². The summed E-state index contributed by atoms with van der Waals surface area (Å²) in [6.45, 7) is 2.26. The highest BCUT2D eigenvalue weighted by Gasteiger charge is 2.45. The van der Waals surface area contributed by atoms with Crippen molar-refractivity contribution in [2.45, 2.75) is 82.6 Å². The van der Waals surface area contributed by atoms with E-state index in [1.54, 1.807) is 5.19 Å². The van der Waals surface area contributed by atoms with E-state index < -0.39 is 20.2 Å². The van der Waals surface area contributed by atoms with Crippen LogP contribution < -0.4 is 5.19 Å². The number of carbonyl (C=O) groups is 1. The molecule has 2 aliphatic rings. The molecular formula is C23H35FO2Si. The number of carboxylic acids is 1. The number of carboxylic acid groups (broad SMARTS) is 1. The second-order valence-electron chi connectivity index (χ2n) is 8.96. The number of unbranched alkanes of at least 4 members (excludes halogenated alkanes) is 2. The lowest BCUT2D eigenvalue weighted by Gasteiger charge is -2.44. The van der Waals surface area contributed by atoms with Crippen molar-refractivity contribution in [2.75, 3.05) is 0 Å². The van der Waals surface area contributed by atoms with Crippen LogP contribution in [0.2, 0.25) is 18.1 Å². The zero-order chi connectivity index (χ0) is 19.3. The molecule has 1 saturated carbocycles. The Balaban J connectivity index is 1.72. The molecule has 1 saturated heterocycles. The maximum Gasteiger partial charge on any atom is 0.306 e. The monoisotopic (exact) mass is 390 g/mol. The van der Waals surface area contributed by atoms with Gasteiger partial charge in [0.15, 0.2) is 0 Å². The molecule has 4 heteroatoms. The molecule has 3 rings (SSSR count). The fourth-order valence-electron chi connectivity index (χ4n) is 5.79. The third kappa shape index (κ3) is 4.82. The van der Waals surface area contributed by atoms with Crippen molar-refractivity contribution in [2.24, 2.45) is 17.8 Å². The molecule has 3 atom stereocenters. The van der Waals surface area contributed by atoms with E-state index in [0.29, 0.717) is 25.2 Å². The minimum Gasteiger partial charge on any atom is -0.481 e. The molecule has 1 aliphatic heterocycles. The van der Waals surface area contributed by atoms with Crippen LogP contribution in [0.3, 0.4) is 0 Å². The topological polar surface area (TPSA) is 37.3 Å². The fourth-order valence-corrected chi connectivity index (χ4v) is 11.1. The van der Waals surface area contributed by atoms with E-state index in [2.05, 4.69) is 37.3 Å². The number of halogens is 1. The van der Waals surface area contributed by atoms with Crippen molar-refractivity contribution >= 4 is 19.2 Å². The lowest BCUT2D eigenvalue weighted by Crippen LogP contribution is -2.51. The van der Waals surface area contributed by atoms with Gasteiger partial charge in [0.2, 0.25) is 0 Å². The Morgan fingerprint density at radius 1 is 1.11 bits per heavy atom. The van der Waals surface area contributed by atoms with Crippen molar-refractivity contribution in [3.05, 3.63) is 30.3 Å². The van der Waals surface area contributed by atoms with Crippen LogP contribution in [0.4, 0.5) is 4.39 Å². The first-order valence-corrected chi connectivity index (χ1v) is 13.6. The van der Waals surface area contributed by atoms with Crippen molar-refractivity contribution < 1.29 is 14.3 Å². The third-order valence-corrected chi connectivity index (χ3v) is 12.8. The molecule has 0 spiro atoms. The average Bonchev–Trinajstić information content (AvgIpc) is 2.69. The second kappa shape index (κ2) is 9.36. The number of alkyl halides is 1. The summed E-state index contributed by atoms with van der Waals surface area (Å²) in [6.07, 6.45) is 6.71. The van der Waals surface area contributed by atoms with E-state index in [1.165, 1.54) is 37.4 Å². The van der Waals surface area contributed by atoms with E-state index in [1.807, 2.05) is 0 Å². The summed E-state index contributed by atoms with van der Waals surface area (Å²) < 4.78 is 14.1. The van der Waals surface area contributed by atoms with E-state index in [9.17, 15) is 14.3 Å². The maximum absolute atomic E-state index is 14.1. The smallest absolute Gasteiger partial charge is 0.306 e. The molecule has 2 nitrogen and oxygen atoms in total. The summed E-state index contributed by atoms with van der Waals surface area (Å²) in [4.78, 5) is 11.7. The number of rotatable bonds is 7. The van der Waals surface area contributed by atoms with E-state index >= 15 is 0 Å². The Labute approximate surface area is 164 Å². The molecule has 1 N–H and O–H groups in total. The molecule has 0 aromatic heterocycles. The van der Waals surface area contributed by atoms with Gasteiger partial charge in [-0.15, -0.1) is 0 Å². The lowest BCUT2D eigenvalue weighted by atomic mass is 9.70. The van der Waals surface area contributed by atoms with Gasteiger partial charge >= 0.3 is 5.97 Å².